The quantitative estimate of drug-likeness (QED) is 0.316. The van der Waals surface area contributed by atoms with Crippen LogP contribution in [-0.2, 0) is 20.5 Å². The van der Waals surface area contributed by atoms with Crippen LogP contribution in [0.25, 0.3) is 22.3 Å². The Kier molecular flexibility index (Phi) is 7.03. The first-order valence-corrected chi connectivity index (χ1v) is 14.7. The number of hydrogen-bond donors (Lipinski definition) is 0. The number of fused-ring (bicyclic) bond motifs is 1. The SMILES string of the molecule is CC(C)(C)OC(=O)N1CCC(n2cc(-c3ncnc4c3c(Br)cn4S(=O)(=O)Cc3ccccc3)cn2)CC1. The van der Waals surface area contributed by atoms with Crippen molar-refractivity contribution >= 4 is 43.1 Å². The van der Waals surface area contributed by atoms with Crippen LogP contribution in [-0.4, -0.2) is 61.8 Å². The predicted molar refractivity (Wildman–Crippen MR) is 147 cm³/mol. The van der Waals surface area contributed by atoms with Crippen LogP contribution < -0.4 is 0 Å². The largest absolute Gasteiger partial charge is 0.444 e. The minimum absolute atomic E-state index is 0.124. The van der Waals surface area contributed by atoms with E-state index in [2.05, 4.69) is 31.0 Å². The lowest BCUT2D eigenvalue weighted by molar-refractivity contribution is 0.0185. The molecule has 3 aromatic heterocycles. The van der Waals surface area contributed by atoms with Gasteiger partial charge in [0, 0.05) is 35.5 Å². The van der Waals surface area contributed by atoms with Gasteiger partial charge in [-0.3, -0.25) is 4.68 Å². The topological polar surface area (TPSA) is 112 Å². The summed E-state index contributed by atoms with van der Waals surface area (Å²) in [6.07, 6.45) is 7.74. The number of piperidine rings is 1. The first kappa shape index (κ1) is 26.4. The molecule has 1 aliphatic heterocycles. The summed E-state index contributed by atoms with van der Waals surface area (Å²) in [4.78, 5) is 22.9. The Morgan fingerprint density at radius 3 is 2.50 bits per heavy atom. The standard InChI is InChI=1S/C26H29BrN6O4S/c1-26(2,3)37-25(34)31-11-9-20(10-12-31)32-14-19(13-30-32)23-22-21(27)15-33(24(22)29-17-28-23)38(35,36)16-18-7-5-4-6-8-18/h4-8,13-15,17,20H,9-12,16H2,1-3H3. The summed E-state index contributed by atoms with van der Waals surface area (Å²) in [6.45, 7) is 6.75. The number of aromatic nitrogens is 5. The van der Waals surface area contributed by atoms with Gasteiger partial charge in [-0.15, -0.1) is 0 Å². The van der Waals surface area contributed by atoms with E-state index in [1.807, 2.05) is 49.8 Å². The van der Waals surface area contributed by atoms with Crippen molar-refractivity contribution in [2.45, 2.75) is 51.0 Å². The van der Waals surface area contributed by atoms with Crippen molar-refractivity contribution < 1.29 is 17.9 Å². The van der Waals surface area contributed by atoms with Gasteiger partial charge in [-0.2, -0.15) is 5.10 Å². The van der Waals surface area contributed by atoms with Crippen molar-refractivity contribution in [1.29, 1.82) is 0 Å². The number of nitrogens with zero attached hydrogens (tertiary/aromatic N) is 6. The van der Waals surface area contributed by atoms with Gasteiger partial charge in [0.15, 0.2) is 5.65 Å². The summed E-state index contributed by atoms with van der Waals surface area (Å²) >= 11 is 3.53. The van der Waals surface area contributed by atoms with Crippen LogP contribution in [0.15, 0.2) is 59.7 Å². The third-order valence-corrected chi connectivity index (χ3v) is 8.54. The molecule has 1 fully saturated rings. The number of hydrogen-bond acceptors (Lipinski definition) is 7. The van der Waals surface area contributed by atoms with E-state index in [-0.39, 0.29) is 17.9 Å². The fourth-order valence-electron chi connectivity index (χ4n) is 4.58. The minimum Gasteiger partial charge on any atom is -0.444 e. The lowest BCUT2D eigenvalue weighted by Crippen LogP contribution is -2.42. The Morgan fingerprint density at radius 1 is 1.11 bits per heavy atom. The second-order valence-corrected chi connectivity index (χ2v) is 13.0. The lowest BCUT2D eigenvalue weighted by Gasteiger charge is -2.33. The molecule has 5 rings (SSSR count). The van der Waals surface area contributed by atoms with Crippen molar-refractivity contribution in [1.82, 2.24) is 28.6 Å². The molecular weight excluding hydrogens is 572 g/mol. The van der Waals surface area contributed by atoms with Gasteiger partial charge in [0.1, 0.15) is 11.9 Å². The summed E-state index contributed by atoms with van der Waals surface area (Å²) in [5.74, 6) is -0.149. The lowest BCUT2D eigenvalue weighted by atomic mass is 10.1. The van der Waals surface area contributed by atoms with E-state index in [0.29, 0.717) is 39.9 Å². The number of halogens is 1. The normalized spacial score (nSPS) is 15.2. The predicted octanol–water partition coefficient (Wildman–Crippen LogP) is 5.01. The van der Waals surface area contributed by atoms with Crippen LogP contribution in [0.2, 0.25) is 0 Å². The number of likely N-dealkylation sites (tertiary alicyclic amines) is 1. The van der Waals surface area contributed by atoms with Crippen LogP contribution in [0.4, 0.5) is 4.79 Å². The van der Waals surface area contributed by atoms with E-state index in [1.165, 1.54) is 16.5 Å². The molecule has 0 unspecified atom stereocenters. The highest BCUT2D eigenvalue weighted by Gasteiger charge is 2.28. The smallest absolute Gasteiger partial charge is 0.410 e. The summed E-state index contributed by atoms with van der Waals surface area (Å²) in [5.41, 5.74) is 1.82. The molecule has 0 saturated carbocycles. The van der Waals surface area contributed by atoms with Crippen molar-refractivity contribution in [2.24, 2.45) is 0 Å². The number of rotatable bonds is 5. The number of carbonyl (C=O) groups is 1. The van der Waals surface area contributed by atoms with Gasteiger partial charge in [-0.05, 0) is 55.1 Å². The third-order valence-electron chi connectivity index (χ3n) is 6.36. The number of ether oxygens (including phenoxy) is 1. The van der Waals surface area contributed by atoms with Crippen LogP contribution in [0.1, 0.15) is 45.2 Å². The van der Waals surface area contributed by atoms with E-state index in [9.17, 15) is 13.2 Å². The van der Waals surface area contributed by atoms with Gasteiger partial charge < -0.3 is 9.64 Å². The zero-order chi connectivity index (χ0) is 27.1. The van der Waals surface area contributed by atoms with E-state index in [4.69, 9.17) is 4.74 Å². The van der Waals surface area contributed by atoms with E-state index >= 15 is 0 Å². The van der Waals surface area contributed by atoms with E-state index in [1.54, 1.807) is 23.2 Å². The van der Waals surface area contributed by atoms with Gasteiger partial charge in [0.05, 0.1) is 29.1 Å². The molecule has 1 aliphatic rings. The van der Waals surface area contributed by atoms with Crippen molar-refractivity contribution in [3.05, 3.63) is 65.3 Å². The molecule has 4 aromatic rings. The fraction of sp³-hybridized carbons (Fsp3) is 0.385. The van der Waals surface area contributed by atoms with Crippen molar-refractivity contribution in [3.8, 4) is 11.3 Å². The molecule has 1 saturated heterocycles. The van der Waals surface area contributed by atoms with Crippen LogP contribution in [0.3, 0.4) is 0 Å². The summed E-state index contributed by atoms with van der Waals surface area (Å²) in [7, 11) is -3.72. The average molecular weight is 602 g/mol. The summed E-state index contributed by atoms with van der Waals surface area (Å²) in [5, 5.41) is 5.18. The second kappa shape index (κ2) is 10.1. The van der Waals surface area contributed by atoms with Crippen molar-refractivity contribution in [3.63, 3.8) is 0 Å². The third kappa shape index (κ3) is 5.46. The molecular formula is C26H29BrN6O4S. The van der Waals surface area contributed by atoms with Crippen LogP contribution >= 0.6 is 15.9 Å². The average Bonchev–Trinajstić information content (AvgIpc) is 3.49. The van der Waals surface area contributed by atoms with Crippen LogP contribution in [0, 0.1) is 0 Å². The Labute approximate surface area is 229 Å². The Morgan fingerprint density at radius 2 is 1.82 bits per heavy atom. The second-order valence-electron chi connectivity index (χ2n) is 10.3. The van der Waals surface area contributed by atoms with Gasteiger partial charge in [0.25, 0.3) is 0 Å². The number of benzene rings is 1. The maximum Gasteiger partial charge on any atom is 0.410 e. The highest BCUT2D eigenvalue weighted by atomic mass is 79.9. The highest BCUT2D eigenvalue weighted by Crippen LogP contribution is 2.35. The Bertz CT molecular complexity index is 1570. The summed E-state index contributed by atoms with van der Waals surface area (Å²) < 4.78 is 35.7. The molecule has 38 heavy (non-hydrogen) atoms. The zero-order valence-electron chi connectivity index (χ0n) is 21.4. The van der Waals surface area contributed by atoms with Gasteiger partial charge in [0.2, 0.25) is 10.0 Å². The first-order chi connectivity index (χ1) is 18.0. The molecule has 0 aliphatic carbocycles. The van der Waals surface area contributed by atoms with Gasteiger partial charge in [-0.25, -0.2) is 27.2 Å². The molecule has 0 atom stereocenters. The van der Waals surface area contributed by atoms with Crippen molar-refractivity contribution in [2.75, 3.05) is 13.1 Å². The molecule has 1 aromatic carbocycles. The van der Waals surface area contributed by atoms with E-state index in [0.717, 1.165) is 18.4 Å². The molecule has 4 heterocycles. The monoisotopic (exact) mass is 600 g/mol. The van der Waals surface area contributed by atoms with Crippen LogP contribution in [0.5, 0.6) is 0 Å². The highest BCUT2D eigenvalue weighted by molar-refractivity contribution is 9.10. The molecule has 0 radical (unpaired) electrons. The minimum atomic E-state index is -3.72. The molecule has 0 bridgehead atoms. The maximum atomic E-state index is 13.3. The number of amides is 1. The molecule has 1 amide bonds. The molecule has 12 heteroatoms. The van der Waals surface area contributed by atoms with Gasteiger partial charge >= 0.3 is 6.09 Å². The zero-order valence-corrected chi connectivity index (χ0v) is 23.8. The molecule has 0 N–H and O–H groups in total. The first-order valence-electron chi connectivity index (χ1n) is 12.3. The van der Waals surface area contributed by atoms with E-state index < -0.39 is 15.6 Å². The maximum absolute atomic E-state index is 13.3. The summed E-state index contributed by atoms with van der Waals surface area (Å²) in [6, 6.07) is 9.17. The number of carbonyl (C=O) groups excluding carboxylic acids is 1. The molecule has 10 nitrogen and oxygen atoms in total. The molecule has 200 valence electrons. The Hall–Kier alpha value is -3.25. The fourth-order valence-corrected chi connectivity index (χ4v) is 6.70. The Balaban J connectivity index is 1.38. The molecule has 0 spiro atoms. The van der Waals surface area contributed by atoms with Gasteiger partial charge in [-0.1, -0.05) is 30.3 Å².